The number of urea groups is 1. The van der Waals surface area contributed by atoms with Gasteiger partial charge in [0.05, 0.1) is 6.54 Å². The zero-order valence-electron chi connectivity index (χ0n) is 21.3. The zero-order chi connectivity index (χ0) is 27.1. The molecule has 2 heterocycles. The number of nitrogens with zero attached hydrogens (tertiary/aromatic N) is 3. The topological polar surface area (TPSA) is 53.1 Å². The molecule has 2 fully saturated rings. The minimum Gasteiger partial charge on any atom is -0.447 e. The van der Waals surface area contributed by atoms with Crippen LogP contribution in [-0.2, 0) is 10.2 Å². The summed E-state index contributed by atoms with van der Waals surface area (Å²) in [5.41, 5.74) is 5.59. The molecule has 3 aromatic carbocycles. The van der Waals surface area contributed by atoms with Crippen molar-refractivity contribution in [2.75, 3.05) is 44.2 Å². The summed E-state index contributed by atoms with van der Waals surface area (Å²) in [4.78, 5) is 29.9. The van der Waals surface area contributed by atoms with E-state index < -0.39 is 23.8 Å². The van der Waals surface area contributed by atoms with Gasteiger partial charge in [-0.25, -0.2) is 23.3 Å². The number of fused-ring (bicyclic) bond motifs is 5. The molecular weight excluding hydrogens is 568 g/mol. The molecule has 6 rings (SSSR count). The first-order valence-electron chi connectivity index (χ1n) is 13.2. The first-order chi connectivity index (χ1) is 18.9. The summed E-state index contributed by atoms with van der Waals surface area (Å²) in [6.45, 7) is 3.05. The molecule has 1 aliphatic carbocycles. The van der Waals surface area contributed by atoms with E-state index in [0.717, 1.165) is 54.0 Å². The number of imide groups is 1. The van der Waals surface area contributed by atoms with Crippen LogP contribution in [0.5, 0.6) is 0 Å². The van der Waals surface area contributed by atoms with Crippen LogP contribution in [0.3, 0.4) is 0 Å². The van der Waals surface area contributed by atoms with E-state index >= 15 is 0 Å². The van der Waals surface area contributed by atoms with E-state index in [-0.39, 0.29) is 30.8 Å². The molecule has 39 heavy (non-hydrogen) atoms. The maximum Gasteiger partial charge on any atom is 0.418 e. The van der Waals surface area contributed by atoms with Crippen LogP contribution < -0.4 is 4.90 Å². The fourth-order valence-electron chi connectivity index (χ4n) is 6.28. The molecule has 3 aliphatic rings. The van der Waals surface area contributed by atoms with Crippen molar-refractivity contribution in [1.82, 2.24) is 9.80 Å². The van der Waals surface area contributed by atoms with Gasteiger partial charge in [-0.1, -0.05) is 46.3 Å². The molecule has 2 saturated heterocycles. The summed E-state index contributed by atoms with van der Waals surface area (Å²) in [5.74, 6) is -2.03. The third-order valence-electron chi connectivity index (χ3n) is 8.23. The van der Waals surface area contributed by atoms with Gasteiger partial charge in [0.15, 0.2) is 11.6 Å². The summed E-state index contributed by atoms with van der Waals surface area (Å²) < 4.78 is 33.6. The Hall–Kier alpha value is -3.30. The Kier molecular flexibility index (Phi) is 6.89. The highest BCUT2D eigenvalue weighted by Gasteiger charge is 2.45. The lowest BCUT2D eigenvalue weighted by Gasteiger charge is -2.41. The lowest BCUT2D eigenvalue weighted by molar-refractivity contribution is 0.159. The summed E-state index contributed by atoms with van der Waals surface area (Å²) in [5, 5.41) is 0. The number of piperidine rings is 1. The molecule has 202 valence electrons. The van der Waals surface area contributed by atoms with Gasteiger partial charge < -0.3 is 9.64 Å². The van der Waals surface area contributed by atoms with Crippen molar-refractivity contribution in [3.05, 3.63) is 87.9 Å². The molecular formula is C30H28BrF2N3O3. The molecule has 2 aliphatic heterocycles. The van der Waals surface area contributed by atoms with Crippen LogP contribution in [0.2, 0.25) is 0 Å². The fourth-order valence-corrected chi connectivity index (χ4v) is 6.64. The summed E-state index contributed by atoms with van der Waals surface area (Å²) >= 11 is 3.67. The van der Waals surface area contributed by atoms with Crippen LogP contribution in [-0.4, -0.2) is 61.3 Å². The highest BCUT2D eigenvalue weighted by Crippen LogP contribution is 2.54. The third-order valence-corrected chi connectivity index (χ3v) is 8.73. The number of carbonyl (C=O) groups excluding carboxylic acids is 2. The molecule has 0 atom stereocenters. The van der Waals surface area contributed by atoms with Gasteiger partial charge in [0.1, 0.15) is 6.61 Å². The highest BCUT2D eigenvalue weighted by atomic mass is 79.9. The highest BCUT2D eigenvalue weighted by molar-refractivity contribution is 9.10. The number of likely N-dealkylation sites (tertiary alicyclic amines) is 1. The Morgan fingerprint density at radius 2 is 1.72 bits per heavy atom. The maximum absolute atomic E-state index is 14.0. The van der Waals surface area contributed by atoms with Crippen molar-refractivity contribution in [2.24, 2.45) is 0 Å². The Bertz CT molecular complexity index is 1440. The van der Waals surface area contributed by atoms with Crippen molar-refractivity contribution < 1.29 is 23.1 Å². The van der Waals surface area contributed by atoms with Crippen LogP contribution >= 0.6 is 15.9 Å². The number of ether oxygens (including phenoxy) is 1. The molecule has 6 nitrogen and oxygen atoms in total. The number of anilines is 1. The van der Waals surface area contributed by atoms with Crippen LogP contribution in [0.15, 0.2) is 65.1 Å². The second kappa shape index (κ2) is 10.4. The molecule has 0 radical (unpaired) electrons. The van der Waals surface area contributed by atoms with Crippen LogP contribution in [0.1, 0.15) is 30.4 Å². The van der Waals surface area contributed by atoms with Crippen molar-refractivity contribution >= 4 is 33.7 Å². The van der Waals surface area contributed by atoms with E-state index in [4.69, 9.17) is 4.74 Å². The molecule has 3 aromatic rings. The molecule has 9 heteroatoms. The Balaban J connectivity index is 1.15. The largest absolute Gasteiger partial charge is 0.447 e. The van der Waals surface area contributed by atoms with E-state index in [1.165, 1.54) is 33.2 Å². The zero-order valence-corrected chi connectivity index (χ0v) is 22.9. The van der Waals surface area contributed by atoms with Crippen LogP contribution in [0, 0.1) is 11.6 Å². The number of halogens is 3. The molecule has 0 saturated carbocycles. The summed E-state index contributed by atoms with van der Waals surface area (Å²) in [7, 11) is 0. The molecule has 0 bridgehead atoms. The van der Waals surface area contributed by atoms with Gasteiger partial charge in [0, 0.05) is 28.2 Å². The summed E-state index contributed by atoms with van der Waals surface area (Å²) in [6.07, 6.45) is 1.86. The van der Waals surface area contributed by atoms with Crippen molar-refractivity contribution in [1.29, 1.82) is 0 Å². The average molecular weight is 596 g/mol. The fraction of sp³-hybridized carbons (Fsp3) is 0.333. The predicted octanol–water partition coefficient (Wildman–Crippen LogP) is 6.56. The number of cyclic esters (lactones) is 1. The standard InChI is InChI=1S/C30H28BrF2N3O3/c31-20-6-8-23-22-4-1-2-5-24(22)30(25(23)18-20)10-14-34(15-11-30)12-3-13-35(21-7-9-26(32)27(33)19-21)28(37)36-16-17-39-29(36)38/h1-2,4-9,18-19H,3,10-17H2. The van der Waals surface area contributed by atoms with Gasteiger partial charge in [-0.3, -0.25) is 4.90 Å². The monoisotopic (exact) mass is 595 g/mol. The number of carbonyl (C=O) groups is 2. The van der Waals surface area contributed by atoms with Crippen LogP contribution in [0.4, 0.5) is 24.1 Å². The second-order valence-corrected chi connectivity index (χ2v) is 11.2. The Labute approximate surface area is 234 Å². The maximum atomic E-state index is 14.0. The number of hydrogen-bond donors (Lipinski definition) is 0. The van der Waals surface area contributed by atoms with Crippen LogP contribution in [0.25, 0.3) is 11.1 Å². The van der Waals surface area contributed by atoms with Gasteiger partial charge in [-0.2, -0.15) is 0 Å². The third kappa shape index (κ3) is 4.61. The van der Waals surface area contributed by atoms with Crippen molar-refractivity contribution in [2.45, 2.75) is 24.7 Å². The number of amides is 3. The van der Waals surface area contributed by atoms with E-state index in [2.05, 4.69) is 63.3 Å². The second-order valence-electron chi connectivity index (χ2n) is 10.3. The Morgan fingerprint density at radius 1 is 0.949 bits per heavy atom. The lowest BCUT2D eigenvalue weighted by Crippen LogP contribution is -2.46. The minimum atomic E-state index is -1.04. The molecule has 1 spiro atoms. The molecule has 0 aromatic heterocycles. The Morgan fingerprint density at radius 3 is 2.46 bits per heavy atom. The predicted molar refractivity (Wildman–Crippen MR) is 148 cm³/mol. The van der Waals surface area contributed by atoms with E-state index in [0.29, 0.717) is 6.42 Å². The van der Waals surface area contributed by atoms with Gasteiger partial charge in [-0.05, 0) is 85.4 Å². The van der Waals surface area contributed by atoms with Gasteiger partial charge in [0.2, 0.25) is 0 Å². The normalized spacial score (nSPS) is 17.7. The minimum absolute atomic E-state index is 0.0179. The summed E-state index contributed by atoms with van der Waals surface area (Å²) in [6, 6.07) is 18.0. The van der Waals surface area contributed by atoms with E-state index in [1.807, 2.05) is 0 Å². The van der Waals surface area contributed by atoms with Gasteiger partial charge >= 0.3 is 12.1 Å². The van der Waals surface area contributed by atoms with E-state index in [1.54, 1.807) is 0 Å². The first kappa shape index (κ1) is 26.0. The molecule has 0 N–H and O–H groups in total. The van der Waals surface area contributed by atoms with Crippen molar-refractivity contribution in [3.8, 4) is 11.1 Å². The van der Waals surface area contributed by atoms with Gasteiger partial charge in [0.25, 0.3) is 0 Å². The molecule has 3 amide bonds. The smallest absolute Gasteiger partial charge is 0.418 e. The van der Waals surface area contributed by atoms with Crippen molar-refractivity contribution in [3.63, 3.8) is 0 Å². The van der Waals surface area contributed by atoms with Gasteiger partial charge in [-0.15, -0.1) is 0 Å². The first-order valence-corrected chi connectivity index (χ1v) is 14.0. The SMILES string of the molecule is O=C1OCCN1C(=O)N(CCCN1CCC2(CC1)c1ccccc1-c1ccc(Br)cc12)c1ccc(F)c(F)c1. The molecule has 0 unspecified atom stereocenters. The average Bonchev–Trinajstić information content (AvgIpc) is 3.48. The number of rotatable bonds is 5. The van der Waals surface area contributed by atoms with E-state index in [9.17, 15) is 18.4 Å². The lowest BCUT2D eigenvalue weighted by atomic mass is 9.71. The number of hydrogen-bond acceptors (Lipinski definition) is 4. The number of benzene rings is 3. The quantitative estimate of drug-likeness (QED) is 0.335.